The highest BCUT2D eigenvalue weighted by atomic mass is 16.3. The van der Waals surface area contributed by atoms with Crippen LogP contribution in [0.1, 0.15) is 6.92 Å². The number of nitrogens with one attached hydrogen (secondary N) is 1. The van der Waals surface area contributed by atoms with Crippen molar-refractivity contribution in [2.45, 2.75) is 12.5 Å². The number of hydrazine groups is 1. The van der Waals surface area contributed by atoms with Gasteiger partial charge in [0.2, 0.25) is 0 Å². The van der Waals surface area contributed by atoms with Crippen molar-refractivity contribution in [3.05, 3.63) is 0 Å². The number of β-amino-alcohol motifs (C(OH)–C–C–N with tert-alkyl or cyclic N) is 1. The summed E-state index contributed by atoms with van der Waals surface area (Å²) >= 11 is 0. The minimum Gasteiger partial charge on any atom is -0.387 e. The van der Waals surface area contributed by atoms with E-state index in [2.05, 4.69) is 5.43 Å². The van der Waals surface area contributed by atoms with Crippen LogP contribution in [0.3, 0.4) is 0 Å². The molecule has 0 spiro atoms. The first kappa shape index (κ1) is 6.01. The third kappa shape index (κ3) is 0.992. The van der Waals surface area contributed by atoms with Crippen LogP contribution in [-0.2, 0) is 0 Å². The lowest BCUT2D eigenvalue weighted by atomic mass is 10.00. The summed E-state index contributed by atoms with van der Waals surface area (Å²) in [5.74, 6) is 0. The molecule has 8 heavy (non-hydrogen) atoms. The molecule has 1 fully saturated rings. The zero-order valence-corrected chi connectivity index (χ0v) is 5.31. The van der Waals surface area contributed by atoms with Gasteiger partial charge in [-0.05, 0) is 14.0 Å². The normalized spacial score (nSPS) is 27.4. The van der Waals surface area contributed by atoms with Crippen molar-refractivity contribution in [1.82, 2.24) is 10.4 Å². The average Bonchev–Trinajstić information content (AvgIpc) is 1.60. The van der Waals surface area contributed by atoms with Gasteiger partial charge in [0.05, 0.1) is 5.60 Å². The zero-order valence-electron chi connectivity index (χ0n) is 5.31. The molecule has 0 aromatic heterocycles. The van der Waals surface area contributed by atoms with Crippen LogP contribution in [-0.4, -0.2) is 35.9 Å². The van der Waals surface area contributed by atoms with E-state index < -0.39 is 5.60 Å². The number of nitrogens with zero attached hydrogens (tertiary/aromatic N) is 1. The van der Waals surface area contributed by atoms with E-state index in [1.165, 1.54) is 0 Å². The fraction of sp³-hybridized carbons (Fsp3) is 1.00. The second-order valence-electron chi connectivity index (χ2n) is 2.58. The quantitative estimate of drug-likeness (QED) is 0.470. The van der Waals surface area contributed by atoms with E-state index in [0.717, 1.165) is 13.1 Å². The molecule has 0 atom stereocenters. The summed E-state index contributed by atoms with van der Waals surface area (Å²) in [5, 5.41) is 11.1. The minimum atomic E-state index is -0.441. The Balaban J connectivity index is 2.21. The lowest BCUT2D eigenvalue weighted by Crippen LogP contribution is -2.63. The van der Waals surface area contributed by atoms with Gasteiger partial charge < -0.3 is 5.11 Å². The third-order valence-corrected chi connectivity index (χ3v) is 1.38. The Morgan fingerprint density at radius 1 is 1.62 bits per heavy atom. The Labute approximate surface area is 49.3 Å². The highest BCUT2D eigenvalue weighted by Crippen LogP contribution is 2.15. The first-order valence-electron chi connectivity index (χ1n) is 2.79. The van der Waals surface area contributed by atoms with E-state index in [0.29, 0.717) is 0 Å². The largest absolute Gasteiger partial charge is 0.387 e. The molecule has 1 aliphatic rings. The van der Waals surface area contributed by atoms with Crippen molar-refractivity contribution in [3.8, 4) is 0 Å². The molecule has 3 heteroatoms. The monoisotopic (exact) mass is 116 g/mol. The summed E-state index contributed by atoms with van der Waals surface area (Å²) in [6, 6.07) is 0. The van der Waals surface area contributed by atoms with Crippen LogP contribution >= 0.6 is 0 Å². The van der Waals surface area contributed by atoms with Crippen molar-refractivity contribution < 1.29 is 5.11 Å². The second-order valence-corrected chi connectivity index (χ2v) is 2.58. The molecule has 48 valence electrons. The van der Waals surface area contributed by atoms with Gasteiger partial charge in [0.25, 0.3) is 0 Å². The highest BCUT2D eigenvalue weighted by Gasteiger charge is 2.35. The highest BCUT2D eigenvalue weighted by molar-refractivity contribution is 4.88. The Morgan fingerprint density at radius 3 is 2.25 bits per heavy atom. The van der Waals surface area contributed by atoms with Crippen LogP contribution in [0.25, 0.3) is 0 Å². The summed E-state index contributed by atoms with van der Waals surface area (Å²) < 4.78 is 0. The number of hydrogen-bond acceptors (Lipinski definition) is 3. The van der Waals surface area contributed by atoms with Gasteiger partial charge in [0.1, 0.15) is 0 Å². The zero-order chi connectivity index (χ0) is 6.20. The molecule has 0 bridgehead atoms. The average molecular weight is 116 g/mol. The van der Waals surface area contributed by atoms with Crippen molar-refractivity contribution in [3.63, 3.8) is 0 Å². The van der Waals surface area contributed by atoms with Gasteiger partial charge >= 0.3 is 0 Å². The van der Waals surface area contributed by atoms with Crippen LogP contribution in [0.15, 0.2) is 0 Å². The topological polar surface area (TPSA) is 35.5 Å². The van der Waals surface area contributed by atoms with E-state index in [4.69, 9.17) is 5.11 Å². The van der Waals surface area contributed by atoms with Gasteiger partial charge in [-0.25, -0.2) is 5.01 Å². The lowest BCUT2D eigenvalue weighted by molar-refractivity contribution is -0.103. The molecule has 1 rings (SSSR count). The van der Waals surface area contributed by atoms with Crippen molar-refractivity contribution in [2.24, 2.45) is 0 Å². The molecule has 1 saturated heterocycles. The Hall–Kier alpha value is -0.120. The standard InChI is InChI=1S/C5H12N2O/c1-5(8)3-7(4-5)6-2/h6,8H,3-4H2,1-2H3. The summed E-state index contributed by atoms with van der Waals surface area (Å²) in [7, 11) is 1.86. The molecule has 0 saturated carbocycles. The predicted octanol–water partition coefficient (Wildman–Crippen LogP) is -0.813. The minimum absolute atomic E-state index is 0.441. The maximum atomic E-state index is 9.13. The van der Waals surface area contributed by atoms with E-state index >= 15 is 0 Å². The first-order valence-corrected chi connectivity index (χ1v) is 2.79. The smallest absolute Gasteiger partial charge is 0.0900 e. The van der Waals surface area contributed by atoms with Gasteiger partial charge in [-0.3, -0.25) is 5.43 Å². The summed E-state index contributed by atoms with van der Waals surface area (Å²) in [4.78, 5) is 0. The van der Waals surface area contributed by atoms with E-state index in [1.807, 2.05) is 19.0 Å². The van der Waals surface area contributed by atoms with Gasteiger partial charge in [-0.2, -0.15) is 0 Å². The third-order valence-electron chi connectivity index (χ3n) is 1.38. The fourth-order valence-electron chi connectivity index (χ4n) is 0.934. The summed E-state index contributed by atoms with van der Waals surface area (Å²) in [6.07, 6.45) is 0. The van der Waals surface area contributed by atoms with Gasteiger partial charge in [-0.15, -0.1) is 0 Å². The van der Waals surface area contributed by atoms with Gasteiger partial charge in [0, 0.05) is 13.1 Å². The van der Waals surface area contributed by atoms with Crippen molar-refractivity contribution >= 4 is 0 Å². The summed E-state index contributed by atoms with van der Waals surface area (Å²) in [6.45, 7) is 3.31. The first-order chi connectivity index (χ1) is 3.64. The van der Waals surface area contributed by atoms with Crippen LogP contribution in [0, 0.1) is 0 Å². The van der Waals surface area contributed by atoms with Crippen molar-refractivity contribution in [1.29, 1.82) is 0 Å². The molecule has 0 aromatic rings. The maximum absolute atomic E-state index is 9.13. The van der Waals surface area contributed by atoms with Gasteiger partial charge in [0.15, 0.2) is 0 Å². The molecule has 2 N–H and O–H groups in total. The number of aliphatic hydroxyl groups is 1. The predicted molar refractivity (Wildman–Crippen MR) is 31.3 cm³/mol. The molecule has 0 aliphatic carbocycles. The van der Waals surface area contributed by atoms with E-state index in [9.17, 15) is 0 Å². The number of rotatable bonds is 1. The molecule has 0 amide bonds. The van der Waals surface area contributed by atoms with Crippen LogP contribution in [0.5, 0.6) is 0 Å². The SMILES string of the molecule is CNN1CC(C)(O)C1. The summed E-state index contributed by atoms with van der Waals surface area (Å²) in [5.41, 5.74) is 2.49. The molecule has 1 heterocycles. The Morgan fingerprint density at radius 2 is 2.12 bits per heavy atom. The molecule has 0 aromatic carbocycles. The van der Waals surface area contributed by atoms with Crippen molar-refractivity contribution in [2.75, 3.05) is 20.1 Å². The molecule has 1 aliphatic heterocycles. The Kier molecular flexibility index (Phi) is 1.27. The second kappa shape index (κ2) is 1.69. The van der Waals surface area contributed by atoms with E-state index in [1.54, 1.807) is 0 Å². The van der Waals surface area contributed by atoms with Gasteiger partial charge in [-0.1, -0.05) is 0 Å². The molecular weight excluding hydrogens is 104 g/mol. The lowest BCUT2D eigenvalue weighted by Gasteiger charge is -2.43. The van der Waals surface area contributed by atoms with E-state index in [-0.39, 0.29) is 0 Å². The van der Waals surface area contributed by atoms with Crippen LogP contribution < -0.4 is 5.43 Å². The van der Waals surface area contributed by atoms with Crippen LogP contribution in [0.4, 0.5) is 0 Å². The molecule has 3 nitrogen and oxygen atoms in total. The maximum Gasteiger partial charge on any atom is 0.0900 e. The van der Waals surface area contributed by atoms with Crippen LogP contribution in [0.2, 0.25) is 0 Å². The fourth-order valence-corrected chi connectivity index (χ4v) is 0.934. The molecule has 0 radical (unpaired) electrons. The molecule has 0 unspecified atom stereocenters. The number of hydrogen-bond donors (Lipinski definition) is 2. The Bertz CT molecular complexity index is 84.4. The molecular formula is C5H12N2O.